The molecule has 0 saturated carbocycles. The van der Waals surface area contributed by atoms with Crippen molar-refractivity contribution in [2.75, 3.05) is 25.1 Å². The van der Waals surface area contributed by atoms with E-state index in [1.54, 1.807) is 40.7 Å². The zero-order valence-electron chi connectivity index (χ0n) is 18.2. The van der Waals surface area contributed by atoms with Crippen LogP contribution in [0.2, 0.25) is 0 Å². The largest absolute Gasteiger partial charge is 0.462 e. The number of esters is 1. The number of sulfonamides is 1. The van der Waals surface area contributed by atoms with Crippen molar-refractivity contribution in [3.8, 4) is 0 Å². The predicted octanol–water partition coefficient (Wildman–Crippen LogP) is 3.07. The minimum Gasteiger partial charge on any atom is -0.462 e. The van der Waals surface area contributed by atoms with Gasteiger partial charge >= 0.3 is 5.97 Å². The van der Waals surface area contributed by atoms with Crippen molar-refractivity contribution in [3.63, 3.8) is 0 Å². The number of pyridine rings is 1. The topological polar surface area (TPSA) is 117 Å². The molecule has 2 rings (SSSR count). The van der Waals surface area contributed by atoms with E-state index in [2.05, 4.69) is 20.5 Å². The van der Waals surface area contributed by atoms with Gasteiger partial charge in [-0.2, -0.15) is 9.41 Å². The predicted molar refractivity (Wildman–Crippen MR) is 116 cm³/mol. The Morgan fingerprint density at radius 1 is 1.23 bits per heavy atom. The third-order valence-electron chi connectivity index (χ3n) is 4.70. The van der Waals surface area contributed by atoms with Crippen LogP contribution in [0.1, 0.15) is 55.0 Å². The van der Waals surface area contributed by atoms with Crippen molar-refractivity contribution < 1.29 is 17.9 Å². The van der Waals surface area contributed by atoms with E-state index in [1.807, 2.05) is 6.92 Å². The highest BCUT2D eigenvalue weighted by atomic mass is 32.2. The standard InChI is InChI=1S/C20H29N5O4S/c1-7-25(8-2)30(27,28)16-10-11-17(21-12-16)24-23-15(6)19-13(4)18(14(5)22-19)20(26)29-9-3/h10-12,22H,7-9H2,1-6H3,(H,21,24). The first kappa shape index (κ1) is 23.6. The van der Waals surface area contributed by atoms with Gasteiger partial charge in [-0.3, -0.25) is 5.43 Å². The number of hydrazone groups is 1. The van der Waals surface area contributed by atoms with Crippen molar-refractivity contribution >= 4 is 27.5 Å². The van der Waals surface area contributed by atoms with Gasteiger partial charge in [0.05, 0.1) is 23.6 Å². The van der Waals surface area contributed by atoms with Crippen molar-refractivity contribution in [1.29, 1.82) is 0 Å². The van der Waals surface area contributed by atoms with E-state index in [0.717, 1.165) is 5.56 Å². The smallest absolute Gasteiger partial charge is 0.340 e. The van der Waals surface area contributed by atoms with Gasteiger partial charge in [0.2, 0.25) is 10.0 Å². The second kappa shape index (κ2) is 9.86. The molecular weight excluding hydrogens is 406 g/mol. The molecule has 0 radical (unpaired) electrons. The van der Waals surface area contributed by atoms with Crippen LogP contribution in [0.4, 0.5) is 5.82 Å². The quantitative estimate of drug-likeness (QED) is 0.355. The highest BCUT2D eigenvalue weighted by molar-refractivity contribution is 7.89. The van der Waals surface area contributed by atoms with Gasteiger partial charge in [0.1, 0.15) is 10.7 Å². The molecule has 10 heteroatoms. The number of aromatic amines is 1. The fraction of sp³-hybridized carbons (Fsp3) is 0.450. The summed E-state index contributed by atoms with van der Waals surface area (Å²) in [5.74, 6) is 0.0295. The van der Waals surface area contributed by atoms with Crippen LogP contribution in [0.5, 0.6) is 0 Å². The average molecular weight is 436 g/mol. The molecule has 164 valence electrons. The Labute approximate surface area is 177 Å². The molecule has 0 amide bonds. The lowest BCUT2D eigenvalue weighted by Crippen LogP contribution is -2.30. The molecule has 0 bridgehead atoms. The van der Waals surface area contributed by atoms with E-state index in [0.29, 0.717) is 48.2 Å². The maximum Gasteiger partial charge on any atom is 0.340 e. The first-order chi connectivity index (χ1) is 14.2. The Kier molecular flexibility index (Phi) is 7.74. The molecule has 0 aromatic carbocycles. The summed E-state index contributed by atoms with van der Waals surface area (Å²) in [6.45, 7) is 11.9. The molecule has 0 unspecified atom stereocenters. The molecule has 0 aliphatic carbocycles. The summed E-state index contributed by atoms with van der Waals surface area (Å²) in [7, 11) is -3.55. The summed E-state index contributed by atoms with van der Waals surface area (Å²) in [4.78, 5) is 19.6. The highest BCUT2D eigenvalue weighted by Gasteiger charge is 2.22. The second-order valence-corrected chi connectivity index (χ2v) is 8.56. The monoisotopic (exact) mass is 435 g/mol. The number of aryl methyl sites for hydroxylation is 1. The Balaban J connectivity index is 2.21. The van der Waals surface area contributed by atoms with Crippen molar-refractivity contribution in [1.82, 2.24) is 14.3 Å². The van der Waals surface area contributed by atoms with Crippen LogP contribution in [0, 0.1) is 13.8 Å². The maximum absolute atomic E-state index is 12.5. The number of rotatable bonds is 9. The van der Waals surface area contributed by atoms with Crippen LogP contribution >= 0.6 is 0 Å². The summed E-state index contributed by atoms with van der Waals surface area (Å²) < 4.78 is 31.5. The normalized spacial score (nSPS) is 12.3. The molecule has 9 nitrogen and oxygen atoms in total. The summed E-state index contributed by atoms with van der Waals surface area (Å²) >= 11 is 0. The number of carbonyl (C=O) groups is 1. The zero-order valence-corrected chi connectivity index (χ0v) is 19.1. The molecule has 0 aliphatic rings. The van der Waals surface area contributed by atoms with Crippen LogP contribution in [-0.2, 0) is 14.8 Å². The van der Waals surface area contributed by atoms with E-state index in [-0.39, 0.29) is 10.9 Å². The summed E-state index contributed by atoms with van der Waals surface area (Å²) in [5, 5.41) is 4.31. The minimum absolute atomic E-state index is 0.132. The van der Waals surface area contributed by atoms with E-state index in [4.69, 9.17) is 4.74 Å². The molecule has 0 saturated heterocycles. The summed E-state index contributed by atoms with van der Waals surface area (Å²) in [5.41, 5.74) is 6.12. The third-order valence-corrected chi connectivity index (χ3v) is 6.73. The summed E-state index contributed by atoms with van der Waals surface area (Å²) in [6.07, 6.45) is 1.31. The molecule has 2 aromatic rings. The lowest BCUT2D eigenvalue weighted by atomic mass is 10.1. The van der Waals surface area contributed by atoms with Crippen LogP contribution < -0.4 is 5.43 Å². The van der Waals surface area contributed by atoms with Gasteiger partial charge in [-0.05, 0) is 45.4 Å². The highest BCUT2D eigenvalue weighted by Crippen LogP contribution is 2.20. The number of nitrogens with one attached hydrogen (secondary N) is 2. The van der Waals surface area contributed by atoms with Crippen molar-refractivity contribution in [3.05, 3.63) is 40.8 Å². The van der Waals surface area contributed by atoms with Crippen LogP contribution in [0.3, 0.4) is 0 Å². The lowest BCUT2D eigenvalue weighted by molar-refractivity contribution is 0.0525. The van der Waals surface area contributed by atoms with Crippen LogP contribution in [0.25, 0.3) is 0 Å². The Hall–Kier alpha value is -2.72. The van der Waals surface area contributed by atoms with Gasteiger partial charge in [-0.25, -0.2) is 18.2 Å². The van der Waals surface area contributed by atoms with Crippen molar-refractivity contribution in [2.45, 2.75) is 46.4 Å². The van der Waals surface area contributed by atoms with E-state index in [9.17, 15) is 13.2 Å². The molecule has 0 spiro atoms. The Morgan fingerprint density at radius 3 is 2.43 bits per heavy atom. The molecule has 0 aliphatic heterocycles. The third kappa shape index (κ3) is 4.88. The first-order valence-corrected chi connectivity index (χ1v) is 11.2. The number of ether oxygens (including phenoxy) is 1. The summed E-state index contributed by atoms with van der Waals surface area (Å²) in [6, 6.07) is 3.06. The van der Waals surface area contributed by atoms with Crippen LogP contribution in [0.15, 0.2) is 28.3 Å². The second-order valence-electron chi connectivity index (χ2n) is 6.62. The molecule has 2 N–H and O–H groups in total. The van der Waals surface area contributed by atoms with Gasteiger partial charge < -0.3 is 9.72 Å². The molecular formula is C20H29N5O4S. The fourth-order valence-electron chi connectivity index (χ4n) is 3.13. The van der Waals surface area contributed by atoms with Gasteiger partial charge in [0, 0.05) is 25.0 Å². The number of hydrogen-bond acceptors (Lipinski definition) is 7. The number of aromatic nitrogens is 2. The van der Waals surface area contributed by atoms with Crippen LogP contribution in [-0.4, -0.2) is 54.1 Å². The van der Waals surface area contributed by atoms with Gasteiger partial charge in [-0.1, -0.05) is 13.8 Å². The number of anilines is 1. The van der Waals surface area contributed by atoms with E-state index < -0.39 is 10.0 Å². The average Bonchev–Trinajstić information content (AvgIpc) is 3.01. The van der Waals surface area contributed by atoms with Gasteiger partial charge in [-0.15, -0.1) is 0 Å². The molecule has 2 aromatic heterocycles. The SMILES string of the molecule is CCOC(=O)c1c(C)[nH]c(C(C)=NNc2ccc(S(=O)(=O)N(CC)CC)cn2)c1C. The van der Waals surface area contributed by atoms with Gasteiger partial charge in [0.15, 0.2) is 0 Å². The molecule has 30 heavy (non-hydrogen) atoms. The first-order valence-electron chi connectivity index (χ1n) is 9.80. The molecule has 2 heterocycles. The fourth-order valence-corrected chi connectivity index (χ4v) is 4.53. The minimum atomic E-state index is -3.55. The molecule has 0 fully saturated rings. The number of H-pyrrole nitrogens is 1. The van der Waals surface area contributed by atoms with Crippen molar-refractivity contribution in [2.24, 2.45) is 5.10 Å². The number of carbonyl (C=O) groups excluding carboxylic acids is 1. The Bertz CT molecular complexity index is 1020. The number of nitrogens with zero attached hydrogens (tertiary/aromatic N) is 3. The van der Waals surface area contributed by atoms with E-state index >= 15 is 0 Å². The zero-order chi connectivity index (χ0) is 22.5. The number of hydrogen-bond donors (Lipinski definition) is 2. The van der Waals surface area contributed by atoms with E-state index in [1.165, 1.54) is 16.6 Å². The lowest BCUT2D eigenvalue weighted by Gasteiger charge is -2.18. The Morgan fingerprint density at radius 2 is 1.90 bits per heavy atom. The van der Waals surface area contributed by atoms with Gasteiger partial charge in [0.25, 0.3) is 0 Å². The maximum atomic E-state index is 12.5. The molecule has 0 atom stereocenters.